The van der Waals surface area contributed by atoms with Crippen LogP contribution in [0.4, 0.5) is 17.6 Å². The van der Waals surface area contributed by atoms with Crippen LogP contribution in [0.5, 0.6) is 0 Å². The predicted octanol–water partition coefficient (Wildman–Crippen LogP) is 3.48. The third-order valence-corrected chi connectivity index (χ3v) is 2.94. The van der Waals surface area contributed by atoms with E-state index in [0.29, 0.717) is 0 Å². The molecule has 1 amide bonds. The van der Waals surface area contributed by atoms with Crippen molar-refractivity contribution in [2.75, 3.05) is 0 Å². The molecule has 0 saturated heterocycles. The second-order valence-corrected chi connectivity index (χ2v) is 4.63. The monoisotopic (exact) mass is 335 g/mol. The van der Waals surface area contributed by atoms with Gasteiger partial charge in [0.1, 0.15) is 5.82 Å². The minimum absolute atomic E-state index is 0.0523. The van der Waals surface area contributed by atoms with Crippen LogP contribution in [0, 0.1) is 17.1 Å². The van der Waals surface area contributed by atoms with Crippen molar-refractivity contribution in [2.45, 2.75) is 6.18 Å². The Kier molecular flexibility index (Phi) is 4.94. The molecule has 0 aliphatic rings. The van der Waals surface area contributed by atoms with Crippen LogP contribution < -0.4 is 5.43 Å². The fraction of sp³-hybridized carbons (Fsp3) is 0.0625. The molecule has 0 heterocycles. The molecule has 0 fully saturated rings. The van der Waals surface area contributed by atoms with Crippen LogP contribution in [-0.2, 0) is 6.18 Å². The summed E-state index contributed by atoms with van der Waals surface area (Å²) in [7, 11) is 0. The Bertz CT molecular complexity index is 838. The number of hydrazone groups is 1. The molecular weight excluding hydrogens is 326 g/mol. The predicted molar refractivity (Wildman–Crippen MR) is 77.6 cm³/mol. The van der Waals surface area contributed by atoms with E-state index < -0.39 is 23.5 Å². The van der Waals surface area contributed by atoms with Gasteiger partial charge in [0.05, 0.1) is 29.0 Å². The van der Waals surface area contributed by atoms with Crippen LogP contribution in [0.1, 0.15) is 27.0 Å². The summed E-state index contributed by atoms with van der Waals surface area (Å²) in [5, 5.41) is 12.1. The number of alkyl halides is 3. The lowest BCUT2D eigenvalue weighted by Crippen LogP contribution is -2.19. The highest BCUT2D eigenvalue weighted by Crippen LogP contribution is 2.29. The number of carbonyl (C=O) groups excluding carboxylic acids is 1. The zero-order valence-electron chi connectivity index (χ0n) is 11.9. The average molecular weight is 335 g/mol. The van der Waals surface area contributed by atoms with Crippen molar-refractivity contribution in [1.82, 2.24) is 5.43 Å². The summed E-state index contributed by atoms with van der Waals surface area (Å²) in [6.07, 6.45) is -3.48. The minimum Gasteiger partial charge on any atom is -0.267 e. The Balaban J connectivity index is 2.09. The lowest BCUT2D eigenvalue weighted by Gasteiger charge is -2.06. The van der Waals surface area contributed by atoms with E-state index in [1.54, 1.807) is 6.07 Å². The van der Waals surface area contributed by atoms with E-state index in [2.05, 4.69) is 5.10 Å². The highest BCUT2D eigenvalue weighted by molar-refractivity contribution is 5.95. The van der Waals surface area contributed by atoms with Crippen LogP contribution in [0.3, 0.4) is 0 Å². The fourth-order valence-electron chi connectivity index (χ4n) is 1.79. The highest BCUT2D eigenvalue weighted by atomic mass is 19.4. The van der Waals surface area contributed by atoms with Crippen molar-refractivity contribution in [3.8, 4) is 6.07 Å². The average Bonchev–Trinajstić information content (AvgIpc) is 2.54. The molecule has 0 spiro atoms. The molecule has 122 valence electrons. The summed E-state index contributed by atoms with van der Waals surface area (Å²) in [6.45, 7) is 0. The Hall–Kier alpha value is -3.21. The van der Waals surface area contributed by atoms with Crippen molar-refractivity contribution < 1.29 is 22.4 Å². The van der Waals surface area contributed by atoms with E-state index in [-0.39, 0.29) is 16.7 Å². The Morgan fingerprint density at radius 3 is 2.58 bits per heavy atom. The van der Waals surface area contributed by atoms with Gasteiger partial charge in [0, 0.05) is 0 Å². The molecule has 0 aromatic heterocycles. The van der Waals surface area contributed by atoms with Gasteiger partial charge >= 0.3 is 6.18 Å². The largest absolute Gasteiger partial charge is 0.416 e. The van der Waals surface area contributed by atoms with Gasteiger partial charge < -0.3 is 0 Å². The molecule has 8 heteroatoms. The van der Waals surface area contributed by atoms with Gasteiger partial charge in [-0.1, -0.05) is 12.1 Å². The maximum atomic E-state index is 13.6. The number of hydrogen-bond acceptors (Lipinski definition) is 3. The van der Waals surface area contributed by atoms with Crippen molar-refractivity contribution in [2.24, 2.45) is 5.10 Å². The number of nitriles is 1. The van der Waals surface area contributed by atoms with Crippen LogP contribution in [0.2, 0.25) is 0 Å². The number of rotatable bonds is 3. The first-order chi connectivity index (χ1) is 11.3. The van der Waals surface area contributed by atoms with Gasteiger partial charge in [-0.3, -0.25) is 4.79 Å². The van der Waals surface area contributed by atoms with E-state index in [0.717, 1.165) is 30.5 Å². The first-order valence-corrected chi connectivity index (χ1v) is 6.51. The second kappa shape index (κ2) is 6.91. The van der Waals surface area contributed by atoms with E-state index in [4.69, 9.17) is 5.26 Å². The van der Waals surface area contributed by atoms with Gasteiger partial charge in [-0.15, -0.1) is 0 Å². The zero-order valence-corrected chi connectivity index (χ0v) is 11.9. The quantitative estimate of drug-likeness (QED) is 0.530. The smallest absolute Gasteiger partial charge is 0.267 e. The maximum absolute atomic E-state index is 13.6. The number of hydrogen-bond donors (Lipinski definition) is 1. The summed E-state index contributed by atoms with van der Waals surface area (Å²) in [5.74, 6) is -1.79. The molecule has 0 aliphatic carbocycles. The van der Waals surface area contributed by atoms with Crippen LogP contribution >= 0.6 is 0 Å². The molecule has 0 bridgehead atoms. The van der Waals surface area contributed by atoms with Gasteiger partial charge in [0.2, 0.25) is 0 Å². The van der Waals surface area contributed by atoms with Crippen LogP contribution in [0.25, 0.3) is 0 Å². The van der Waals surface area contributed by atoms with Crippen molar-refractivity contribution in [1.29, 1.82) is 5.26 Å². The summed E-state index contributed by atoms with van der Waals surface area (Å²) >= 11 is 0. The number of nitrogens with zero attached hydrogens (tertiary/aromatic N) is 2. The zero-order chi connectivity index (χ0) is 17.7. The van der Waals surface area contributed by atoms with Crippen molar-refractivity contribution in [3.63, 3.8) is 0 Å². The molecule has 24 heavy (non-hydrogen) atoms. The van der Waals surface area contributed by atoms with Gasteiger partial charge in [0.25, 0.3) is 5.91 Å². The standard InChI is InChI=1S/C16H9F4N3O/c17-14-7-10(8-21)4-5-13(14)15(24)23-22-9-11-2-1-3-12(6-11)16(18,19)20/h1-7,9H,(H,23,24)/b22-9-. The summed E-state index contributed by atoms with van der Waals surface area (Å²) < 4.78 is 51.3. The maximum Gasteiger partial charge on any atom is 0.416 e. The Morgan fingerprint density at radius 1 is 1.21 bits per heavy atom. The first kappa shape index (κ1) is 17.1. The van der Waals surface area contributed by atoms with Gasteiger partial charge in [-0.25, -0.2) is 9.82 Å². The molecule has 0 aliphatic heterocycles. The van der Waals surface area contributed by atoms with Gasteiger partial charge in [-0.2, -0.15) is 23.5 Å². The fourth-order valence-corrected chi connectivity index (χ4v) is 1.79. The van der Waals surface area contributed by atoms with E-state index in [9.17, 15) is 22.4 Å². The summed E-state index contributed by atoms with van der Waals surface area (Å²) in [5.41, 5.74) is 0.990. The molecule has 1 N–H and O–H groups in total. The van der Waals surface area contributed by atoms with Crippen LogP contribution in [0.15, 0.2) is 47.6 Å². The molecule has 2 aromatic carbocycles. The Labute approximate surface area is 134 Å². The lowest BCUT2D eigenvalue weighted by atomic mass is 10.1. The van der Waals surface area contributed by atoms with E-state index in [1.807, 2.05) is 5.43 Å². The highest BCUT2D eigenvalue weighted by Gasteiger charge is 2.30. The number of carbonyl (C=O) groups is 1. The summed E-state index contributed by atoms with van der Waals surface area (Å²) in [6, 6.07) is 9.32. The molecule has 4 nitrogen and oxygen atoms in total. The molecular formula is C16H9F4N3O. The van der Waals surface area contributed by atoms with Crippen molar-refractivity contribution >= 4 is 12.1 Å². The normalized spacial score (nSPS) is 11.3. The molecule has 0 radical (unpaired) electrons. The molecule has 0 unspecified atom stereocenters. The third-order valence-electron chi connectivity index (χ3n) is 2.94. The SMILES string of the molecule is N#Cc1ccc(C(=O)N/N=C\c2cccc(C(F)(F)F)c2)c(F)c1. The number of amides is 1. The third kappa shape index (κ3) is 4.16. The lowest BCUT2D eigenvalue weighted by molar-refractivity contribution is -0.137. The number of halogens is 4. The molecule has 2 aromatic rings. The molecule has 0 saturated carbocycles. The van der Waals surface area contributed by atoms with Gasteiger partial charge in [-0.05, 0) is 35.9 Å². The number of nitrogens with one attached hydrogen (secondary N) is 1. The van der Waals surface area contributed by atoms with E-state index in [1.165, 1.54) is 18.2 Å². The van der Waals surface area contributed by atoms with Crippen molar-refractivity contribution in [3.05, 3.63) is 70.5 Å². The minimum atomic E-state index is -4.49. The molecule has 0 atom stereocenters. The first-order valence-electron chi connectivity index (χ1n) is 6.51. The van der Waals surface area contributed by atoms with Crippen LogP contribution in [-0.4, -0.2) is 12.1 Å². The number of benzene rings is 2. The second-order valence-electron chi connectivity index (χ2n) is 4.63. The van der Waals surface area contributed by atoms with E-state index >= 15 is 0 Å². The van der Waals surface area contributed by atoms with Gasteiger partial charge in [0.15, 0.2) is 0 Å². The summed E-state index contributed by atoms with van der Waals surface area (Å²) in [4.78, 5) is 11.8. The topological polar surface area (TPSA) is 65.2 Å². The molecule has 2 rings (SSSR count). The Morgan fingerprint density at radius 2 is 1.96 bits per heavy atom.